The van der Waals surface area contributed by atoms with Crippen LogP contribution in [-0.4, -0.2) is 12.5 Å². The molecule has 24 heavy (non-hydrogen) atoms. The summed E-state index contributed by atoms with van der Waals surface area (Å²) in [6.07, 6.45) is 4.69. The van der Waals surface area contributed by atoms with Gasteiger partial charge in [-0.2, -0.15) is 0 Å². The van der Waals surface area contributed by atoms with Crippen LogP contribution in [0.5, 0.6) is 5.75 Å². The summed E-state index contributed by atoms with van der Waals surface area (Å²) in [4.78, 5) is 12.3. The van der Waals surface area contributed by atoms with Crippen molar-refractivity contribution in [2.24, 2.45) is 0 Å². The van der Waals surface area contributed by atoms with E-state index in [0.717, 1.165) is 25.9 Å². The lowest BCUT2D eigenvalue weighted by molar-refractivity contribution is 0.102. The van der Waals surface area contributed by atoms with Crippen LogP contribution in [0.25, 0.3) is 0 Å². The number of anilines is 1. The lowest BCUT2D eigenvalue weighted by atomic mass is 10.2. The van der Waals surface area contributed by atoms with Crippen molar-refractivity contribution in [3.05, 3.63) is 56.1 Å². The van der Waals surface area contributed by atoms with Crippen molar-refractivity contribution in [1.82, 2.24) is 0 Å². The zero-order valence-corrected chi connectivity index (χ0v) is 17.4. The fourth-order valence-corrected chi connectivity index (χ4v) is 3.06. The van der Waals surface area contributed by atoms with Gasteiger partial charge in [-0.05, 0) is 87.4 Å². The highest BCUT2D eigenvalue weighted by Gasteiger charge is 2.09. The molecule has 3 nitrogen and oxygen atoms in total. The molecule has 0 aromatic heterocycles. The molecule has 128 valence electrons. The normalized spacial score (nSPS) is 10.5. The Hall–Kier alpha value is -1.08. The lowest BCUT2D eigenvalue weighted by Gasteiger charge is -2.10. The number of nitrogens with one attached hydrogen (secondary N) is 1. The van der Waals surface area contributed by atoms with E-state index in [4.69, 9.17) is 4.74 Å². The molecule has 0 radical (unpaired) electrons. The third-order valence-electron chi connectivity index (χ3n) is 3.55. The highest BCUT2D eigenvalue weighted by atomic mass is 127. The van der Waals surface area contributed by atoms with Gasteiger partial charge in [-0.25, -0.2) is 0 Å². The van der Waals surface area contributed by atoms with Crippen molar-refractivity contribution < 1.29 is 9.53 Å². The molecule has 0 aliphatic rings. The van der Waals surface area contributed by atoms with Gasteiger partial charge in [0.25, 0.3) is 5.91 Å². The van der Waals surface area contributed by atoms with Gasteiger partial charge in [0.15, 0.2) is 0 Å². The largest absolute Gasteiger partial charge is 0.492 e. The summed E-state index contributed by atoms with van der Waals surface area (Å²) >= 11 is 5.72. The molecule has 0 fully saturated rings. The third kappa shape index (κ3) is 6.09. The number of benzene rings is 2. The van der Waals surface area contributed by atoms with Gasteiger partial charge < -0.3 is 10.1 Å². The molecule has 0 spiro atoms. The molecule has 2 aromatic carbocycles. The van der Waals surface area contributed by atoms with E-state index in [-0.39, 0.29) is 5.91 Å². The van der Waals surface area contributed by atoms with Gasteiger partial charge in [-0.15, -0.1) is 0 Å². The zero-order valence-electron chi connectivity index (χ0n) is 13.6. The summed E-state index contributed by atoms with van der Waals surface area (Å²) in [5.74, 6) is 0.642. The Bertz CT molecular complexity index is 674. The minimum absolute atomic E-state index is 0.133. The Morgan fingerprint density at radius 3 is 2.54 bits per heavy atom. The van der Waals surface area contributed by atoms with E-state index in [0.29, 0.717) is 12.2 Å². The first kappa shape index (κ1) is 19.2. The van der Waals surface area contributed by atoms with E-state index >= 15 is 0 Å². The van der Waals surface area contributed by atoms with Crippen LogP contribution < -0.4 is 10.1 Å². The Morgan fingerprint density at radius 1 is 1.12 bits per heavy atom. The average molecular weight is 502 g/mol. The van der Waals surface area contributed by atoms with E-state index < -0.39 is 0 Å². The fraction of sp³-hybridized carbons (Fsp3) is 0.316. The van der Waals surface area contributed by atoms with Crippen LogP contribution in [0.4, 0.5) is 5.69 Å². The van der Waals surface area contributed by atoms with E-state index in [1.165, 1.54) is 19.3 Å². The Labute approximate surface area is 165 Å². The van der Waals surface area contributed by atoms with Crippen LogP contribution in [0.2, 0.25) is 0 Å². The highest BCUT2D eigenvalue weighted by Crippen LogP contribution is 2.26. The Kier molecular flexibility index (Phi) is 8.05. The summed E-state index contributed by atoms with van der Waals surface area (Å²) < 4.78 is 7.70. The number of halogens is 2. The Balaban J connectivity index is 1.92. The molecule has 0 atom stereocenters. The molecule has 0 unspecified atom stereocenters. The second-order valence-electron chi connectivity index (χ2n) is 5.52. The molecular formula is C19H21BrINO2. The molecular weight excluding hydrogens is 481 g/mol. The number of amides is 1. The topological polar surface area (TPSA) is 38.3 Å². The molecule has 2 aromatic rings. The van der Waals surface area contributed by atoms with E-state index in [1.54, 1.807) is 12.1 Å². The SMILES string of the molecule is CCCCCCOc1ccc(C(=O)Nc2ccc(I)cc2)cc1Br. The Morgan fingerprint density at radius 2 is 1.88 bits per heavy atom. The molecule has 0 aliphatic carbocycles. The van der Waals surface area contributed by atoms with E-state index in [2.05, 4.69) is 50.8 Å². The number of unbranched alkanes of at least 4 members (excludes halogenated alkanes) is 3. The van der Waals surface area contributed by atoms with Gasteiger partial charge in [-0.3, -0.25) is 4.79 Å². The van der Waals surface area contributed by atoms with Gasteiger partial charge >= 0.3 is 0 Å². The smallest absolute Gasteiger partial charge is 0.255 e. The average Bonchev–Trinajstić information content (AvgIpc) is 2.58. The summed E-state index contributed by atoms with van der Waals surface area (Å²) in [5.41, 5.74) is 1.38. The summed E-state index contributed by atoms with van der Waals surface area (Å²) in [6, 6.07) is 13.1. The van der Waals surface area contributed by atoms with Crippen molar-refractivity contribution >= 4 is 50.1 Å². The lowest BCUT2D eigenvalue weighted by Crippen LogP contribution is -2.12. The maximum atomic E-state index is 12.3. The van der Waals surface area contributed by atoms with Crippen LogP contribution in [0, 0.1) is 3.57 Å². The predicted octanol–water partition coefficient (Wildman–Crippen LogP) is 6.27. The van der Waals surface area contributed by atoms with E-state index in [1.807, 2.05) is 30.3 Å². The minimum atomic E-state index is -0.133. The third-order valence-corrected chi connectivity index (χ3v) is 4.89. The number of rotatable bonds is 8. The van der Waals surface area contributed by atoms with Gasteiger partial charge in [0.1, 0.15) is 5.75 Å². The monoisotopic (exact) mass is 501 g/mol. The van der Waals surface area contributed by atoms with Crippen LogP contribution in [0.1, 0.15) is 43.0 Å². The highest BCUT2D eigenvalue weighted by molar-refractivity contribution is 14.1. The maximum Gasteiger partial charge on any atom is 0.255 e. The van der Waals surface area contributed by atoms with Crippen molar-refractivity contribution in [1.29, 1.82) is 0 Å². The van der Waals surface area contributed by atoms with Gasteiger partial charge in [-0.1, -0.05) is 26.2 Å². The van der Waals surface area contributed by atoms with Crippen LogP contribution in [0.3, 0.4) is 0 Å². The van der Waals surface area contributed by atoms with Crippen molar-refractivity contribution in [3.63, 3.8) is 0 Å². The van der Waals surface area contributed by atoms with Gasteiger partial charge in [0.05, 0.1) is 11.1 Å². The fourth-order valence-electron chi connectivity index (χ4n) is 2.21. The molecule has 0 saturated carbocycles. The molecule has 1 N–H and O–H groups in total. The first-order chi connectivity index (χ1) is 11.6. The van der Waals surface area contributed by atoms with Crippen molar-refractivity contribution in [2.45, 2.75) is 32.6 Å². The molecule has 0 saturated heterocycles. The quantitative estimate of drug-likeness (QED) is 0.342. The molecule has 5 heteroatoms. The van der Waals surface area contributed by atoms with Crippen molar-refractivity contribution in [2.75, 3.05) is 11.9 Å². The first-order valence-corrected chi connectivity index (χ1v) is 9.96. The van der Waals surface area contributed by atoms with Crippen LogP contribution >= 0.6 is 38.5 Å². The standard InChI is InChI=1S/C19H21BrINO2/c1-2-3-4-5-12-24-18-11-6-14(13-17(18)20)19(23)22-16-9-7-15(21)8-10-16/h6-11,13H,2-5,12H2,1H3,(H,22,23). The van der Waals surface area contributed by atoms with E-state index in [9.17, 15) is 4.79 Å². The number of hydrogen-bond acceptors (Lipinski definition) is 2. The van der Waals surface area contributed by atoms with Gasteiger partial charge in [0.2, 0.25) is 0 Å². The van der Waals surface area contributed by atoms with Crippen molar-refractivity contribution in [3.8, 4) is 5.75 Å². The molecule has 1 amide bonds. The number of carbonyl (C=O) groups excluding carboxylic acids is 1. The first-order valence-electron chi connectivity index (χ1n) is 8.09. The number of ether oxygens (including phenoxy) is 1. The van der Waals surface area contributed by atoms with Gasteiger partial charge in [0, 0.05) is 14.8 Å². The number of carbonyl (C=O) groups is 1. The molecule has 2 rings (SSSR count). The summed E-state index contributed by atoms with van der Waals surface area (Å²) in [7, 11) is 0. The van der Waals surface area contributed by atoms with Crippen LogP contribution in [0.15, 0.2) is 46.9 Å². The summed E-state index contributed by atoms with van der Waals surface area (Å²) in [6.45, 7) is 2.89. The minimum Gasteiger partial charge on any atom is -0.492 e. The molecule has 0 aliphatic heterocycles. The van der Waals surface area contributed by atoms with Crippen LogP contribution in [-0.2, 0) is 0 Å². The second-order valence-corrected chi connectivity index (χ2v) is 7.62. The predicted molar refractivity (Wildman–Crippen MR) is 111 cm³/mol. The zero-order chi connectivity index (χ0) is 17.4. The maximum absolute atomic E-state index is 12.3. The summed E-state index contributed by atoms with van der Waals surface area (Å²) in [5, 5.41) is 2.89. The molecule has 0 bridgehead atoms. The second kappa shape index (κ2) is 10.0. The molecule has 0 heterocycles. The number of hydrogen-bond donors (Lipinski definition) is 1.